The smallest absolute Gasteiger partial charge is 0.306 e. The van der Waals surface area contributed by atoms with Crippen molar-refractivity contribution in [3.05, 3.63) is 48.6 Å². The Morgan fingerprint density at radius 2 is 0.816 bits per heavy atom. The van der Waals surface area contributed by atoms with Crippen molar-refractivity contribution in [2.24, 2.45) is 0 Å². The lowest BCUT2D eigenvalue weighted by Gasteiger charge is -2.42. The van der Waals surface area contributed by atoms with Crippen LogP contribution in [0.15, 0.2) is 48.6 Å². The second kappa shape index (κ2) is 48.8. The summed E-state index contributed by atoms with van der Waals surface area (Å²) in [7, 11) is 0. The summed E-state index contributed by atoms with van der Waals surface area (Å²) in [6, 6.07) is 0. The van der Waals surface area contributed by atoms with E-state index in [0.29, 0.717) is 13.0 Å². The van der Waals surface area contributed by atoms with Gasteiger partial charge in [0.05, 0.1) is 26.4 Å². The average molecular weight is 1080 g/mol. The first-order valence-electron chi connectivity index (χ1n) is 30.7. The molecule has 0 aromatic rings. The van der Waals surface area contributed by atoms with Crippen molar-refractivity contribution in [3.63, 3.8) is 0 Å². The van der Waals surface area contributed by atoms with E-state index in [1.54, 1.807) is 0 Å². The summed E-state index contributed by atoms with van der Waals surface area (Å²) in [5.41, 5.74) is 0. The Bertz CT molecular complexity index is 1440. The van der Waals surface area contributed by atoms with Gasteiger partial charge in [-0.05, 0) is 77.0 Å². The maximum Gasteiger partial charge on any atom is 0.306 e. The van der Waals surface area contributed by atoms with Crippen LogP contribution in [0.2, 0.25) is 0 Å². The summed E-state index contributed by atoms with van der Waals surface area (Å²) >= 11 is 0. The van der Waals surface area contributed by atoms with Crippen molar-refractivity contribution in [2.75, 3.05) is 33.0 Å². The molecule has 11 atom stereocenters. The van der Waals surface area contributed by atoms with E-state index >= 15 is 0 Å². The third kappa shape index (κ3) is 34.8. The Morgan fingerprint density at radius 1 is 0.434 bits per heavy atom. The van der Waals surface area contributed by atoms with E-state index in [9.17, 15) is 40.5 Å². The fourth-order valence-corrected chi connectivity index (χ4v) is 9.58. The molecule has 2 aliphatic heterocycles. The van der Waals surface area contributed by atoms with E-state index < -0.39 is 80.7 Å². The van der Waals surface area contributed by atoms with E-state index in [-0.39, 0.29) is 25.6 Å². The first-order chi connectivity index (χ1) is 37.1. The second-order valence-corrected chi connectivity index (χ2v) is 21.5. The van der Waals surface area contributed by atoms with Gasteiger partial charge in [0.25, 0.3) is 0 Å². The fourth-order valence-electron chi connectivity index (χ4n) is 9.58. The lowest BCUT2D eigenvalue weighted by molar-refractivity contribution is -0.332. The maximum atomic E-state index is 13.1. The van der Waals surface area contributed by atoms with Crippen molar-refractivity contribution in [3.8, 4) is 0 Å². The van der Waals surface area contributed by atoms with Gasteiger partial charge in [0.2, 0.25) is 0 Å². The highest BCUT2D eigenvalue weighted by atomic mass is 16.7. The fraction of sp³-hybridized carbons (Fsp3) is 0.855. The number of unbranched alkanes of at least 4 members (excludes halogenated alkanes) is 28. The van der Waals surface area contributed by atoms with Crippen LogP contribution >= 0.6 is 0 Å². The molecule has 444 valence electrons. The third-order valence-corrected chi connectivity index (χ3v) is 14.6. The Labute approximate surface area is 461 Å². The van der Waals surface area contributed by atoms with Gasteiger partial charge in [-0.1, -0.05) is 204 Å². The molecule has 0 amide bonds. The van der Waals surface area contributed by atoms with Crippen LogP contribution in [-0.2, 0) is 33.2 Å². The Kier molecular flexibility index (Phi) is 45.0. The van der Waals surface area contributed by atoms with Gasteiger partial charge in [-0.25, -0.2) is 0 Å². The minimum absolute atomic E-state index is 0.0561. The summed E-state index contributed by atoms with van der Waals surface area (Å²) in [5, 5.41) is 72.4. The molecule has 14 nitrogen and oxygen atoms in total. The van der Waals surface area contributed by atoms with Crippen LogP contribution in [0.3, 0.4) is 0 Å². The Morgan fingerprint density at radius 3 is 1.29 bits per heavy atom. The Hall–Kier alpha value is -2.05. The van der Waals surface area contributed by atoms with Crippen molar-refractivity contribution >= 4 is 5.97 Å². The van der Waals surface area contributed by atoms with E-state index in [2.05, 4.69) is 62.5 Å². The molecule has 14 heteroatoms. The van der Waals surface area contributed by atoms with Crippen LogP contribution in [0.25, 0.3) is 0 Å². The summed E-state index contributed by atoms with van der Waals surface area (Å²) in [5.74, 6) is -0.381. The van der Waals surface area contributed by atoms with Crippen LogP contribution < -0.4 is 0 Å². The van der Waals surface area contributed by atoms with Gasteiger partial charge in [-0.15, -0.1) is 0 Å². The monoisotopic (exact) mass is 1080 g/mol. The van der Waals surface area contributed by atoms with Gasteiger partial charge < -0.3 is 64.2 Å². The van der Waals surface area contributed by atoms with Crippen molar-refractivity contribution in [1.29, 1.82) is 0 Å². The number of carbonyl (C=O) groups excluding carboxylic acids is 1. The minimum Gasteiger partial charge on any atom is -0.457 e. The SMILES string of the molecule is CCCCCCC/C=C\C/C=C\C/C=C\CCCCCCCCCCCOCC(COC1OC(COC2OC(CO)C(O)C(O)C2O)C(O)C(O)C1O)OC(=O)CCCCCCCCC/C=C\CCCCCCCCC. The molecule has 0 aliphatic carbocycles. The summed E-state index contributed by atoms with van der Waals surface area (Å²) in [4.78, 5) is 13.1. The Balaban J connectivity index is 1.70. The highest BCUT2D eigenvalue weighted by Gasteiger charge is 2.47. The van der Waals surface area contributed by atoms with Crippen LogP contribution in [0.4, 0.5) is 0 Å². The lowest BCUT2D eigenvalue weighted by Crippen LogP contribution is -2.61. The number of carbonyl (C=O) groups is 1. The normalized spacial score (nSPS) is 24.8. The largest absolute Gasteiger partial charge is 0.457 e. The van der Waals surface area contributed by atoms with Gasteiger partial charge in [0, 0.05) is 13.0 Å². The van der Waals surface area contributed by atoms with E-state index in [1.165, 1.54) is 148 Å². The molecule has 2 saturated heterocycles. The minimum atomic E-state index is -1.71. The van der Waals surface area contributed by atoms with Crippen molar-refractivity contribution in [2.45, 2.75) is 306 Å². The number of hydrogen-bond donors (Lipinski definition) is 7. The molecule has 11 unspecified atom stereocenters. The molecular formula is C62H112O14. The molecule has 0 saturated carbocycles. The molecule has 0 radical (unpaired) electrons. The zero-order valence-electron chi connectivity index (χ0n) is 47.7. The first kappa shape index (κ1) is 70.1. The topological polar surface area (TPSA) is 214 Å². The number of allylic oxidation sites excluding steroid dienone is 8. The van der Waals surface area contributed by atoms with E-state index in [4.69, 9.17) is 28.4 Å². The standard InChI is InChI=1S/C62H112O14/c1-3-5-7-9-11-13-15-17-19-21-23-24-25-26-27-28-30-32-34-36-38-40-42-44-46-71-48-51(74-54(64)45-43-41-39-37-35-33-31-29-22-20-18-16-14-12-10-8-6-4-2)49-72-61-60(70)58(68)56(66)53(76-61)50-73-62-59(69)57(67)55(65)52(47-63)75-62/h15,17,20-23,25-26,51-53,55-63,65-70H,3-14,16,18-19,24,27-50H2,1-2H3/b17-15-,22-20-,23-21-,26-25-. The van der Waals surface area contributed by atoms with Gasteiger partial charge in [-0.2, -0.15) is 0 Å². The second-order valence-electron chi connectivity index (χ2n) is 21.5. The van der Waals surface area contributed by atoms with E-state index in [1.807, 2.05) is 0 Å². The first-order valence-corrected chi connectivity index (χ1v) is 30.7. The quantitative estimate of drug-likeness (QED) is 0.0172. The number of aliphatic hydroxyl groups excluding tert-OH is 7. The molecule has 2 aliphatic rings. The van der Waals surface area contributed by atoms with E-state index in [0.717, 1.165) is 64.2 Å². The molecule has 2 rings (SSSR count). The molecule has 0 spiro atoms. The highest BCUT2D eigenvalue weighted by molar-refractivity contribution is 5.69. The van der Waals surface area contributed by atoms with Gasteiger partial charge in [0.1, 0.15) is 54.9 Å². The van der Waals surface area contributed by atoms with Crippen LogP contribution in [0, 0.1) is 0 Å². The summed E-state index contributed by atoms with van der Waals surface area (Å²) in [6.45, 7) is 3.68. The zero-order valence-corrected chi connectivity index (χ0v) is 47.7. The van der Waals surface area contributed by atoms with Gasteiger partial charge in [0.15, 0.2) is 12.6 Å². The summed E-state index contributed by atoms with van der Waals surface area (Å²) < 4.78 is 34.4. The predicted molar refractivity (Wildman–Crippen MR) is 303 cm³/mol. The average Bonchev–Trinajstić information content (AvgIpc) is 3.42. The number of aliphatic hydroxyl groups is 7. The maximum absolute atomic E-state index is 13.1. The number of rotatable bonds is 50. The van der Waals surface area contributed by atoms with Gasteiger partial charge >= 0.3 is 5.97 Å². The molecule has 0 bridgehead atoms. The highest BCUT2D eigenvalue weighted by Crippen LogP contribution is 2.27. The lowest BCUT2D eigenvalue weighted by atomic mass is 9.98. The number of ether oxygens (including phenoxy) is 6. The summed E-state index contributed by atoms with van der Waals surface area (Å²) in [6.07, 6.45) is 43.1. The molecule has 0 aromatic heterocycles. The molecule has 0 aromatic carbocycles. The third-order valence-electron chi connectivity index (χ3n) is 14.6. The van der Waals surface area contributed by atoms with Crippen LogP contribution in [-0.4, -0.2) is 142 Å². The number of hydrogen-bond acceptors (Lipinski definition) is 14. The molecule has 76 heavy (non-hydrogen) atoms. The molecule has 2 heterocycles. The molecule has 7 N–H and O–H groups in total. The van der Waals surface area contributed by atoms with Crippen molar-refractivity contribution in [1.82, 2.24) is 0 Å². The molecular weight excluding hydrogens is 969 g/mol. The predicted octanol–water partition coefficient (Wildman–Crippen LogP) is 11.5. The zero-order chi connectivity index (χ0) is 55.1. The molecule has 2 fully saturated rings. The van der Waals surface area contributed by atoms with Crippen molar-refractivity contribution < 1.29 is 69.0 Å². The van der Waals surface area contributed by atoms with Crippen LogP contribution in [0.1, 0.15) is 239 Å². The number of esters is 1. The van der Waals surface area contributed by atoms with Crippen LogP contribution in [0.5, 0.6) is 0 Å². The van der Waals surface area contributed by atoms with Gasteiger partial charge in [-0.3, -0.25) is 4.79 Å².